The Labute approximate surface area is 78.7 Å². The summed E-state index contributed by atoms with van der Waals surface area (Å²) in [5, 5.41) is 0. The molecule has 1 saturated heterocycles. The first-order chi connectivity index (χ1) is 5.72. The molecule has 13 heavy (non-hydrogen) atoms. The van der Waals surface area contributed by atoms with Crippen LogP contribution in [0, 0.1) is 0 Å². The van der Waals surface area contributed by atoms with Gasteiger partial charge in [-0.25, -0.2) is 21.1 Å². The van der Waals surface area contributed by atoms with Crippen LogP contribution in [0.4, 0.5) is 0 Å². The fourth-order valence-electron chi connectivity index (χ4n) is 1.33. The Morgan fingerprint density at radius 3 is 2.23 bits per heavy atom. The summed E-state index contributed by atoms with van der Waals surface area (Å²) in [7, 11) is -4.86. The summed E-state index contributed by atoms with van der Waals surface area (Å²) in [6.45, 7) is 0. The number of rotatable bonds is 2. The van der Waals surface area contributed by atoms with E-state index in [4.69, 9.17) is 0 Å². The molecule has 5 nitrogen and oxygen atoms in total. The molecular weight excluding hydrogens is 214 g/mol. The number of sulfonamides is 1. The van der Waals surface area contributed by atoms with Crippen LogP contribution in [0.5, 0.6) is 0 Å². The van der Waals surface area contributed by atoms with Crippen LogP contribution < -0.4 is 0 Å². The van der Waals surface area contributed by atoms with E-state index in [0.717, 1.165) is 10.6 Å². The maximum atomic E-state index is 11.1. The summed E-state index contributed by atoms with van der Waals surface area (Å²) < 4.78 is 45.4. The highest BCUT2D eigenvalue weighted by Gasteiger charge is 2.33. The van der Waals surface area contributed by atoms with Crippen molar-refractivity contribution >= 4 is 19.9 Å². The quantitative estimate of drug-likeness (QED) is 0.610. The Balaban J connectivity index is 2.79. The van der Waals surface area contributed by atoms with Crippen molar-refractivity contribution in [3.63, 3.8) is 0 Å². The van der Waals surface area contributed by atoms with E-state index >= 15 is 0 Å². The average Bonchev–Trinajstić information content (AvgIpc) is 2.26. The first-order valence-electron chi connectivity index (χ1n) is 3.86. The summed E-state index contributed by atoms with van der Waals surface area (Å²) >= 11 is 0. The van der Waals surface area contributed by atoms with Crippen molar-refractivity contribution in [1.82, 2.24) is 4.31 Å². The second-order valence-corrected chi connectivity index (χ2v) is 7.61. The van der Waals surface area contributed by atoms with E-state index in [-0.39, 0.29) is 17.5 Å². The molecule has 1 rings (SSSR count). The first kappa shape index (κ1) is 10.9. The minimum Gasteiger partial charge on any atom is -0.229 e. The minimum atomic E-state index is -3.27. The van der Waals surface area contributed by atoms with Crippen molar-refractivity contribution < 1.29 is 16.8 Å². The third-order valence-electron chi connectivity index (χ3n) is 2.25. The molecule has 1 aliphatic rings. The molecule has 0 aromatic heterocycles. The van der Waals surface area contributed by atoms with Crippen molar-refractivity contribution in [1.29, 1.82) is 0 Å². The second kappa shape index (κ2) is 3.21. The molecule has 78 valence electrons. The maximum Gasteiger partial charge on any atom is 0.211 e. The van der Waals surface area contributed by atoms with Crippen LogP contribution in [0.1, 0.15) is 6.42 Å². The van der Waals surface area contributed by atoms with Crippen molar-refractivity contribution in [2.45, 2.75) is 12.5 Å². The van der Waals surface area contributed by atoms with Crippen molar-refractivity contribution in [2.24, 2.45) is 0 Å². The summed E-state index contributed by atoms with van der Waals surface area (Å²) in [4.78, 5) is 0. The highest BCUT2D eigenvalue weighted by atomic mass is 32.2. The Kier molecular flexibility index (Phi) is 2.70. The summed E-state index contributed by atoms with van der Waals surface area (Å²) in [6, 6.07) is -0.375. The molecule has 1 atom stereocenters. The standard InChI is InChI=1S/C6H13NO4S2/c1-7(12(2,8)9)6-3-4-13(10,11)5-6/h6H,3-5H2,1-2H3/t6-/m0/s1. The molecule has 1 fully saturated rings. The van der Waals surface area contributed by atoms with E-state index in [1.807, 2.05) is 0 Å². The van der Waals surface area contributed by atoms with Crippen LogP contribution in [0.25, 0.3) is 0 Å². The molecule has 0 aromatic rings. The van der Waals surface area contributed by atoms with Gasteiger partial charge in [0.15, 0.2) is 9.84 Å². The van der Waals surface area contributed by atoms with Crippen LogP contribution in [-0.2, 0) is 19.9 Å². The van der Waals surface area contributed by atoms with Gasteiger partial charge in [0.2, 0.25) is 10.0 Å². The lowest BCUT2D eigenvalue weighted by Crippen LogP contribution is -2.36. The zero-order valence-corrected chi connectivity index (χ0v) is 9.23. The Morgan fingerprint density at radius 1 is 1.38 bits per heavy atom. The topological polar surface area (TPSA) is 71.5 Å². The van der Waals surface area contributed by atoms with E-state index in [1.54, 1.807) is 0 Å². The first-order valence-corrected chi connectivity index (χ1v) is 7.53. The number of hydrogen-bond acceptors (Lipinski definition) is 4. The van der Waals surface area contributed by atoms with E-state index in [0.29, 0.717) is 6.42 Å². The van der Waals surface area contributed by atoms with Gasteiger partial charge in [-0.3, -0.25) is 0 Å². The summed E-state index contributed by atoms with van der Waals surface area (Å²) in [6.07, 6.45) is 1.49. The van der Waals surface area contributed by atoms with Gasteiger partial charge in [-0.2, -0.15) is 0 Å². The molecule has 1 heterocycles. The molecule has 0 aliphatic carbocycles. The van der Waals surface area contributed by atoms with Gasteiger partial charge in [0.25, 0.3) is 0 Å². The highest BCUT2D eigenvalue weighted by Crippen LogP contribution is 2.18. The van der Waals surface area contributed by atoms with E-state index in [1.165, 1.54) is 7.05 Å². The zero-order valence-electron chi connectivity index (χ0n) is 7.60. The average molecular weight is 227 g/mol. The lowest BCUT2D eigenvalue weighted by molar-refractivity contribution is 0.397. The normalized spacial score (nSPS) is 28.1. The van der Waals surface area contributed by atoms with Gasteiger partial charge < -0.3 is 0 Å². The SMILES string of the molecule is CN([C@H]1CCS(=O)(=O)C1)S(C)(=O)=O. The van der Waals surface area contributed by atoms with E-state index in [9.17, 15) is 16.8 Å². The third-order valence-corrected chi connectivity index (χ3v) is 5.34. The van der Waals surface area contributed by atoms with E-state index < -0.39 is 19.9 Å². The minimum absolute atomic E-state index is 0.0451. The number of nitrogens with zero attached hydrogens (tertiary/aromatic N) is 1. The van der Waals surface area contributed by atoms with Gasteiger partial charge in [0.05, 0.1) is 17.8 Å². The fraction of sp³-hybridized carbons (Fsp3) is 1.00. The molecule has 0 aromatic carbocycles. The Hall–Kier alpha value is -0.140. The van der Waals surface area contributed by atoms with Gasteiger partial charge >= 0.3 is 0 Å². The molecule has 0 spiro atoms. The van der Waals surface area contributed by atoms with Gasteiger partial charge in [-0.1, -0.05) is 0 Å². The van der Waals surface area contributed by atoms with Crippen molar-refractivity contribution in [2.75, 3.05) is 24.8 Å². The Morgan fingerprint density at radius 2 is 1.92 bits per heavy atom. The van der Waals surface area contributed by atoms with Gasteiger partial charge in [-0.15, -0.1) is 0 Å². The molecule has 0 radical (unpaired) electrons. The van der Waals surface area contributed by atoms with Gasteiger partial charge in [-0.05, 0) is 6.42 Å². The molecule has 0 bridgehead atoms. The van der Waals surface area contributed by atoms with Crippen molar-refractivity contribution in [3.05, 3.63) is 0 Å². The zero-order chi connectivity index (χ0) is 10.3. The molecule has 0 N–H and O–H groups in total. The van der Waals surface area contributed by atoms with Crippen LogP contribution in [0.2, 0.25) is 0 Å². The van der Waals surface area contributed by atoms with Crippen LogP contribution in [0.3, 0.4) is 0 Å². The lowest BCUT2D eigenvalue weighted by atomic mass is 10.3. The largest absolute Gasteiger partial charge is 0.229 e. The number of sulfone groups is 1. The van der Waals surface area contributed by atoms with Gasteiger partial charge in [0.1, 0.15) is 0 Å². The molecule has 0 unspecified atom stereocenters. The molecule has 7 heteroatoms. The summed E-state index contributed by atoms with van der Waals surface area (Å²) in [5.74, 6) is 0.0497. The van der Waals surface area contributed by atoms with Crippen molar-refractivity contribution in [3.8, 4) is 0 Å². The number of hydrogen-bond donors (Lipinski definition) is 0. The molecular formula is C6H13NO4S2. The lowest BCUT2D eigenvalue weighted by Gasteiger charge is -2.19. The fourth-order valence-corrected chi connectivity index (χ4v) is 3.92. The highest BCUT2D eigenvalue weighted by molar-refractivity contribution is 7.92. The predicted molar refractivity (Wildman–Crippen MR) is 49.7 cm³/mol. The maximum absolute atomic E-state index is 11.1. The second-order valence-electron chi connectivity index (χ2n) is 3.34. The predicted octanol–water partition coefficient (Wildman–Crippen LogP) is -0.935. The van der Waals surface area contributed by atoms with Crippen LogP contribution in [-0.4, -0.2) is 52.0 Å². The third kappa shape index (κ3) is 2.65. The summed E-state index contributed by atoms with van der Waals surface area (Å²) in [5.41, 5.74) is 0. The molecule has 1 aliphatic heterocycles. The smallest absolute Gasteiger partial charge is 0.211 e. The molecule has 0 saturated carbocycles. The monoisotopic (exact) mass is 227 g/mol. The molecule has 0 amide bonds. The Bertz CT molecular complexity index is 383. The van der Waals surface area contributed by atoms with Crippen LogP contribution >= 0.6 is 0 Å². The van der Waals surface area contributed by atoms with E-state index in [2.05, 4.69) is 0 Å². The van der Waals surface area contributed by atoms with Gasteiger partial charge in [0, 0.05) is 13.1 Å². The van der Waals surface area contributed by atoms with Crippen LogP contribution in [0.15, 0.2) is 0 Å².